The second kappa shape index (κ2) is 7.31. The minimum atomic E-state index is -0.615. The fourth-order valence-corrected chi connectivity index (χ4v) is 3.81. The monoisotopic (exact) mass is 383 g/mol. The predicted molar refractivity (Wildman–Crippen MR) is 102 cm³/mol. The number of nitrogens with zero attached hydrogens (tertiary/aromatic N) is 7. The lowest BCUT2D eigenvalue weighted by Crippen LogP contribution is -2.40. The summed E-state index contributed by atoms with van der Waals surface area (Å²) in [6.45, 7) is 5.27. The van der Waals surface area contributed by atoms with Crippen molar-refractivity contribution in [3.8, 4) is 0 Å². The van der Waals surface area contributed by atoms with E-state index < -0.39 is 6.10 Å². The second-order valence-corrected chi connectivity index (χ2v) is 7.66. The number of hydrogen-bond acceptors (Lipinski definition) is 6. The smallest absolute Gasteiger partial charge is 0.272 e. The molecule has 0 aliphatic carbocycles. The molecule has 0 spiro atoms. The molecule has 4 heterocycles. The Labute approximate surface area is 163 Å². The van der Waals surface area contributed by atoms with Gasteiger partial charge in [0.1, 0.15) is 23.9 Å². The molecule has 1 unspecified atom stereocenters. The van der Waals surface area contributed by atoms with Crippen LogP contribution in [0.4, 0.5) is 0 Å². The van der Waals surface area contributed by atoms with Crippen molar-refractivity contribution in [1.29, 1.82) is 0 Å². The van der Waals surface area contributed by atoms with Crippen LogP contribution in [-0.4, -0.2) is 58.1 Å². The van der Waals surface area contributed by atoms with Crippen LogP contribution in [0.5, 0.6) is 0 Å². The van der Waals surface area contributed by atoms with E-state index in [-0.39, 0.29) is 17.7 Å². The summed E-state index contributed by atoms with van der Waals surface area (Å²) in [4.78, 5) is 27.6. The summed E-state index contributed by atoms with van der Waals surface area (Å²) in [6, 6.07) is 1.81. The number of carbonyl (C=O) groups is 1. The van der Waals surface area contributed by atoms with Gasteiger partial charge in [0.25, 0.3) is 11.7 Å². The average Bonchev–Trinajstić information content (AvgIpc) is 3.34. The predicted octanol–water partition coefficient (Wildman–Crippen LogP) is 1.57. The van der Waals surface area contributed by atoms with Gasteiger partial charge in [0.05, 0.1) is 5.69 Å². The van der Waals surface area contributed by atoms with Gasteiger partial charge in [-0.1, -0.05) is 13.8 Å². The molecule has 1 atom stereocenters. The highest BCUT2D eigenvalue weighted by Crippen LogP contribution is 2.30. The number of fused-ring (bicyclic) bond motifs is 1. The Morgan fingerprint density at radius 2 is 2.00 bits per heavy atom. The normalized spacial score (nSPS) is 16.8. The second-order valence-electron chi connectivity index (χ2n) is 7.66. The number of aliphatic hydroxyl groups is 1. The van der Waals surface area contributed by atoms with Crippen LogP contribution in [0.1, 0.15) is 60.7 Å². The molecule has 9 nitrogen and oxygen atoms in total. The van der Waals surface area contributed by atoms with E-state index in [4.69, 9.17) is 0 Å². The van der Waals surface area contributed by atoms with Gasteiger partial charge in [-0.25, -0.2) is 14.5 Å². The van der Waals surface area contributed by atoms with Gasteiger partial charge in [0.15, 0.2) is 0 Å². The highest BCUT2D eigenvalue weighted by atomic mass is 16.3. The zero-order valence-electron chi connectivity index (χ0n) is 16.4. The SMILES string of the molecule is CC(C)c1cc(C(=O)N2CCC(C(O)c3nccn3C)CC2)nc2ncnn12. The summed E-state index contributed by atoms with van der Waals surface area (Å²) in [6.07, 6.45) is 5.81. The molecule has 1 aliphatic heterocycles. The highest BCUT2D eigenvalue weighted by molar-refractivity contribution is 5.92. The van der Waals surface area contributed by atoms with Gasteiger partial charge in [-0.15, -0.1) is 0 Å². The van der Waals surface area contributed by atoms with E-state index in [1.54, 1.807) is 15.6 Å². The number of aryl methyl sites for hydroxylation is 1. The summed E-state index contributed by atoms with van der Waals surface area (Å²) in [5.74, 6) is 1.29. The first-order valence-corrected chi connectivity index (χ1v) is 9.61. The number of aromatic nitrogens is 6. The van der Waals surface area contributed by atoms with Crippen molar-refractivity contribution < 1.29 is 9.90 Å². The molecular weight excluding hydrogens is 358 g/mol. The number of rotatable bonds is 4. The van der Waals surface area contributed by atoms with Gasteiger partial charge in [-0.3, -0.25) is 4.79 Å². The third-order valence-corrected chi connectivity index (χ3v) is 5.49. The van der Waals surface area contributed by atoms with Gasteiger partial charge in [-0.05, 0) is 30.7 Å². The summed E-state index contributed by atoms with van der Waals surface area (Å²) in [5.41, 5.74) is 1.30. The first kappa shape index (κ1) is 18.5. The Balaban J connectivity index is 1.48. The van der Waals surface area contributed by atoms with Crippen molar-refractivity contribution in [2.45, 2.75) is 38.7 Å². The quantitative estimate of drug-likeness (QED) is 0.734. The van der Waals surface area contributed by atoms with Crippen molar-refractivity contribution >= 4 is 11.7 Å². The molecule has 1 N–H and O–H groups in total. The largest absolute Gasteiger partial charge is 0.385 e. The van der Waals surface area contributed by atoms with Crippen molar-refractivity contribution in [3.63, 3.8) is 0 Å². The minimum absolute atomic E-state index is 0.0864. The van der Waals surface area contributed by atoms with Crippen LogP contribution >= 0.6 is 0 Å². The third kappa shape index (κ3) is 3.26. The Hall–Kier alpha value is -2.81. The molecule has 9 heteroatoms. The number of amides is 1. The summed E-state index contributed by atoms with van der Waals surface area (Å²) in [5, 5.41) is 14.8. The van der Waals surface area contributed by atoms with Crippen LogP contribution in [0, 0.1) is 5.92 Å². The third-order valence-electron chi connectivity index (χ3n) is 5.49. The van der Waals surface area contributed by atoms with Crippen LogP contribution in [0.3, 0.4) is 0 Å². The maximum absolute atomic E-state index is 13.0. The summed E-state index contributed by atoms with van der Waals surface area (Å²) in [7, 11) is 1.88. The number of imidazole rings is 1. The summed E-state index contributed by atoms with van der Waals surface area (Å²) >= 11 is 0. The van der Waals surface area contributed by atoms with Gasteiger partial charge < -0.3 is 14.6 Å². The van der Waals surface area contributed by atoms with Crippen LogP contribution in [-0.2, 0) is 7.05 Å². The van der Waals surface area contributed by atoms with Crippen molar-refractivity contribution in [2.75, 3.05) is 13.1 Å². The first-order valence-electron chi connectivity index (χ1n) is 9.61. The topological polar surface area (TPSA) is 101 Å². The fraction of sp³-hybridized carbons (Fsp3) is 0.526. The average molecular weight is 383 g/mol. The zero-order valence-corrected chi connectivity index (χ0v) is 16.4. The Kier molecular flexibility index (Phi) is 4.84. The number of aliphatic hydroxyl groups excluding tert-OH is 1. The molecular formula is C19H25N7O2. The molecule has 4 rings (SSSR count). The molecule has 1 amide bonds. The van der Waals surface area contributed by atoms with Crippen molar-refractivity contribution in [1.82, 2.24) is 34.0 Å². The van der Waals surface area contributed by atoms with Gasteiger partial charge in [0.2, 0.25) is 0 Å². The molecule has 3 aromatic rings. The maximum Gasteiger partial charge on any atom is 0.272 e. The lowest BCUT2D eigenvalue weighted by Gasteiger charge is -2.34. The maximum atomic E-state index is 13.0. The van der Waals surface area contributed by atoms with Gasteiger partial charge >= 0.3 is 0 Å². The first-order chi connectivity index (χ1) is 13.5. The Morgan fingerprint density at radius 3 is 2.64 bits per heavy atom. The van der Waals surface area contributed by atoms with E-state index in [2.05, 4.69) is 33.9 Å². The molecule has 0 saturated carbocycles. The van der Waals surface area contributed by atoms with Crippen LogP contribution in [0.2, 0.25) is 0 Å². The molecule has 3 aromatic heterocycles. The van der Waals surface area contributed by atoms with E-state index in [1.165, 1.54) is 6.33 Å². The van der Waals surface area contributed by atoms with E-state index in [0.717, 1.165) is 18.5 Å². The van der Waals surface area contributed by atoms with E-state index >= 15 is 0 Å². The lowest BCUT2D eigenvalue weighted by molar-refractivity contribution is 0.0417. The molecule has 1 fully saturated rings. The molecule has 0 bridgehead atoms. The van der Waals surface area contributed by atoms with Crippen LogP contribution < -0.4 is 0 Å². The molecule has 1 saturated heterocycles. The van der Waals surface area contributed by atoms with Crippen LogP contribution in [0.25, 0.3) is 5.78 Å². The highest BCUT2D eigenvalue weighted by Gasteiger charge is 2.31. The lowest BCUT2D eigenvalue weighted by atomic mass is 9.90. The van der Waals surface area contributed by atoms with Crippen LogP contribution in [0.15, 0.2) is 24.8 Å². The summed E-state index contributed by atoms with van der Waals surface area (Å²) < 4.78 is 3.52. The minimum Gasteiger partial charge on any atom is -0.385 e. The molecule has 0 radical (unpaired) electrons. The number of likely N-dealkylation sites (tertiary alicyclic amines) is 1. The van der Waals surface area contributed by atoms with Crippen molar-refractivity contribution in [2.24, 2.45) is 13.0 Å². The molecule has 28 heavy (non-hydrogen) atoms. The van der Waals surface area contributed by atoms with E-state index in [1.807, 2.05) is 23.9 Å². The van der Waals surface area contributed by atoms with Gasteiger partial charge in [0, 0.05) is 32.5 Å². The fourth-order valence-electron chi connectivity index (χ4n) is 3.81. The molecule has 1 aliphatic rings. The van der Waals surface area contributed by atoms with Gasteiger partial charge in [-0.2, -0.15) is 10.1 Å². The van der Waals surface area contributed by atoms with E-state index in [9.17, 15) is 9.90 Å². The number of piperidine rings is 1. The molecule has 0 aromatic carbocycles. The van der Waals surface area contributed by atoms with E-state index in [0.29, 0.717) is 30.4 Å². The Morgan fingerprint density at radius 1 is 1.25 bits per heavy atom. The standard InChI is InChI=1S/C19H25N7O2/c1-12(2)15-10-14(23-19-21-11-22-26(15)19)18(28)25-7-4-13(5-8-25)16(27)17-20-6-9-24(17)3/h6,9-13,16,27H,4-5,7-8H2,1-3H3. The van der Waals surface area contributed by atoms with Crippen molar-refractivity contribution in [3.05, 3.63) is 42.0 Å². The number of carbonyl (C=O) groups excluding carboxylic acids is 1. The zero-order chi connectivity index (χ0) is 19.8. The molecule has 148 valence electrons. The number of hydrogen-bond donors (Lipinski definition) is 1. The Bertz CT molecular complexity index is 985.